The zero-order chi connectivity index (χ0) is 30.6. The van der Waals surface area contributed by atoms with E-state index < -0.39 is 21.0 Å². The second kappa shape index (κ2) is 10.6. The maximum Gasteiger partial charge on any atom is 0.227 e. The number of benzene rings is 1. The number of fused-ring (bicyclic) bond motifs is 2. The molecule has 1 aliphatic carbocycles. The number of carbonyl (C=O) groups is 1. The molecule has 0 aliphatic heterocycles. The molecule has 5 heterocycles. The van der Waals surface area contributed by atoms with Crippen LogP contribution in [0.5, 0.6) is 0 Å². The van der Waals surface area contributed by atoms with Gasteiger partial charge in [0.15, 0.2) is 9.84 Å². The summed E-state index contributed by atoms with van der Waals surface area (Å²) in [6, 6.07) is 13.2. The van der Waals surface area contributed by atoms with Crippen molar-refractivity contribution in [2.24, 2.45) is 11.7 Å². The van der Waals surface area contributed by atoms with Crippen molar-refractivity contribution in [3.05, 3.63) is 78.5 Å². The monoisotopic (exact) mass is 610 g/mol. The van der Waals surface area contributed by atoms with Crippen molar-refractivity contribution in [2.75, 3.05) is 11.6 Å². The summed E-state index contributed by atoms with van der Waals surface area (Å²) >= 11 is 0. The molecule has 222 valence electrons. The number of amides is 1. The molecule has 1 fully saturated rings. The van der Waals surface area contributed by atoms with Crippen LogP contribution in [0.1, 0.15) is 30.2 Å². The summed E-state index contributed by atoms with van der Waals surface area (Å²) in [5, 5.41) is 9.80. The molecule has 1 atom stereocenters. The number of halogens is 1. The lowest BCUT2D eigenvalue weighted by molar-refractivity contribution is -0.122. The molecule has 0 spiro atoms. The van der Waals surface area contributed by atoms with Crippen LogP contribution in [-0.4, -0.2) is 50.7 Å². The van der Waals surface area contributed by atoms with Gasteiger partial charge < -0.3 is 16.0 Å². The Morgan fingerprint density at radius 2 is 1.93 bits per heavy atom. The zero-order valence-corrected chi connectivity index (χ0v) is 24.3. The van der Waals surface area contributed by atoms with E-state index in [4.69, 9.17) is 10.7 Å². The van der Waals surface area contributed by atoms with E-state index in [1.54, 1.807) is 30.7 Å². The van der Waals surface area contributed by atoms with Crippen molar-refractivity contribution in [3.8, 4) is 33.8 Å². The molecule has 5 aromatic heterocycles. The van der Waals surface area contributed by atoms with Crippen LogP contribution in [-0.2, 0) is 14.6 Å². The number of nitrogens with zero attached hydrogens (tertiary/aromatic N) is 4. The number of aromatic nitrogens is 6. The van der Waals surface area contributed by atoms with Crippen molar-refractivity contribution in [1.82, 2.24) is 30.1 Å². The summed E-state index contributed by atoms with van der Waals surface area (Å²) in [5.41, 5.74) is 12.2. The molecule has 1 unspecified atom stereocenters. The minimum Gasteiger partial charge on any atom is -0.338 e. The molecular formula is C31H27FN8O3S. The fourth-order valence-electron chi connectivity index (χ4n) is 5.40. The van der Waals surface area contributed by atoms with E-state index in [0.717, 1.165) is 37.1 Å². The number of H-pyrrole nitrogens is 2. The number of nitrogens with one attached hydrogen (secondary N) is 3. The molecule has 44 heavy (non-hydrogen) atoms. The molecule has 1 amide bonds. The molecule has 7 rings (SSSR count). The maximum atomic E-state index is 14.7. The van der Waals surface area contributed by atoms with Gasteiger partial charge in [-0.3, -0.25) is 14.9 Å². The maximum absolute atomic E-state index is 14.7. The van der Waals surface area contributed by atoms with Crippen LogP contribution in [0.2, 0.25) is 0 Å². The lowest BCUT2D eigenvalue weighted by Gasteiger charge is -2.24. The zero-order valence-electron chi connectivity index (χ0n) is 23.5. The highest BCUT2D eigenvalue weighted by molar-refractivity contribution is 7.90. The number of hydrogen-bond acceptors (Lipinski definition) is 8. The summed E-state index contributed by atoms with van der Waals surface area (Å²) < 4.78 is 38.8. The predicted octanol–water partition coefficient (Wildman–Crippen LogP) is 5.11. The van der Waals surface area contributed by atoms with Gasteiger partial charge in [0.2, 0.25) is 5.91 Å². The molecule has 1 aliphatic rings. The van der Waals surface area contributed by atoms with Crippen LogP contribution in [0, 0.1) is 11.7 Å². The van der Waals surface area contributed by atoms with Gasteiger partial charge in [0, 0.05) is 35.5 Å². The third-order valence-corrected chi connectivity index (χ3v) is 9.19. The van der Waals surface area contributed by atoms with E-state index in [-0.39, 0.29) is 17.4 Å². The fraction of sp³-hybridized carbons (Fsp3) is 0.194. The highest BCUT2D eigenvalue weighted by Crippen LogP contribution is 2.35. The predicted molar refractivity (Wildman–Crippen MR) is 165 cm³/mol. The van der Waals surface area contributed by atoms with E-state index in [1.165, 1.54) is 6.07 Å². The Kier molecular flexibility index (Phi) is 6.70. The normalized spacial score (nSPS) is 14.5. The van der Waals surface area contributed by atoms with Gasteiger partial charge in [0.1, 0.15) is 28.0 Å². The van der Waals surface area contributed by atoms with Gasteiger partial charge in [-0.2, -0.15) is 5.10 Å². The summed E-state index contributed by atoms with van der Waals surface area (Å²) in [5.74, 6) is -0.537. The average Bonchev–Trinajstić information content (AvgIpc) is 3.59. The summed E-state index contributed by atoms with van der Waals surface area (Å²) in [6.07, 6.45) is 8.80. The number of carbonyl (C=O) groups excluding carboxylic acids is 1. The summed E-state index contributed by atoms with van der Waals surface area (Å²) in [4.78, 5) is 29.4. The third kappa shape index (κ3) is 5.09. The van der Waals surface area contributed by atoms with Gasteiger partial charge in [-0.05, 0) is 78.1 Å². The third-order valence-electron chi connectivity index (χ3n) is 7.99. The highest BCUT2D eigenvalue weighted by atomic mass is 32.2. The van der Waals surface area contributed by atoms with Crippen molar-refractivity contribution in [2.45, 2.75) is 24.6 Å². The van der Waals surface area contributed by atoms with E-state index in [2.05, 4.69) is 30.5 Å². The molecule has 0 bridgehead atoms. The molecule has 6 aromatic rings. The van der Waals surface area contributed by atoms with Crippen molar-refractivity contribution in [3.63, 3.8) is 0 Å². The standard InChI is InChI=1S/C31H27FN8O3S/c1-44(42,43)29(33)18-9-17(10-20(32)11-18)22-7-8-35-30-23(22)13-26(38-30)28-27-25(39-40-28)6-5-24(37-27)19-12-21(15-34-14-19)36-31(41)16-3-2-4-16/h5-16,29H,2-4,33H2,1H3,(H,35,38)(H,36,41)(H,39,40). The molecule has 13 heteroatoms. The number of pyridine rings is 3. The van der Waals surface area contributed by atoms with Crippen LogP contribution < -0.4 is 11.1 Å². The second-order valence-electron chi connectivity index (χ2n) is 11.1. The first-order chi connectivity index (χ1) is 21.1. The van der Waals surface area contributed by atoms with Gasteiger partial charge in [0.05, 0.1) is 28.8 Å². The van der Waals surface area contributed by atoms with E-state index >= 15 is 0 Å². The molecule has 0 saturated heterocycles. The van der Waals surface area contributed by atoms with Crippen LogP contribution in [0.3, 0.4) is 0 Å². The van der Waals surface area contributed by atoms with Gasteiger partial charge >= 0.3 is 0 Å². The van der Waals surface area contributed by atoms with Gasteiger partial charge in [-0.1, -0.05) is 6.42 Å². The Hall–Kier alpha value is -5.01. The first kappa shape index (κ1) is 27.8. The Morgan fingerprint density at radius 3 is 2.70 bits per heavy atom. The summed E-state index contributed by atoms with van der Waals surface area (Å²) in [7, 11) is -3.64. The first-order valence-electron chi connectivity index (χ1n) is 14.0. The van der Waals surface area contributed by atoms with E-state index in [0.29, 0.717) is 56.0 Å². The number of aromatic amines is 2. The largest absolute Gasteiger partial charge is 0.338 e. The van der Waals surface area contributed by atoms with Crippen molar-refractivity contribution in [1.29, 1.82) is 0 Å². The lowest BCUT2D eigenvalue weighted by atomic mass is 9.85. The molecule has 11 nitrogen and oxygen atoms in total. The lowest BCUT2D eigenvalue weighted by Crippen LogP contribution is -2.28. The van der Waals surface area contributed by atoms with Gasteiger partial charge in [-0.15, -0.1) is 0 Å². The number of nitrogens with two attached hydrogens (primary N) is 1. The molecule has 0 radical (unpaired) electrons. The van der Waals surface area contributed by atoms with Crippen LogP contribution in [0.15, 0.2) is 67.1 Å². The average molecular weight is 611 g/mol. The Labute approximate surface area is 251 Å². The van der Waals surface area contributed by atoms with E-state index in [1.807, 2.05) is 24.3 Å². The SMILES string of the molecule is CS(=O)(=O)C(N)c1cc(F)cc(-c2ccnc3[nH]c(-c4n[nH]c5ccc(-c6cncc(NC(=O)C7CCC7)c6)nc45)cc23)c1. The summed E-state index contributed by atoms with van der Waals surface area (Å²) in [6.45, 7) is 0. The van der Waals surface area contributed by atoms with Crippen LogP contribution in [0.4, 0.5) is 10.1 Å². The van der Waals surface area contributed by atoms with Crippen LogP contribution >= 0.6 is 0 Å². The van der Waals surface area contributed by atoms with Gasteiger partial charge in [0.25, 0.3) is 0 Å². The van der Waals surface area contributed by atoms with Crippen molar-refractivity contribution >= 4 is 43.5 Å². The highest BCUT2D eigenvalue weighted by Gasteiger charge is 2.25. The Morgan fingerprint density at radius 1 is 1.09 bits per heavy atom. The molecule has 1 aromatic carbocycles. The first-order valence-corrected chi connectivity index (χ1v) is 15.9. The Balaban J connectivity index is 1.26. The van der Waals surface area contributed by atoms with Gasteiger partial charge in [-0.25, -0.2) is 22.8 Å². The minimum atomic E-state index is -3.64. The second-order valence-corrected chi connectivity index (χ2v) is 13.2. The quantitative estimate of drug-likeness (QED) is 0.193. The van der Waals surface area contributed by atoms with E-state index in [9.17, 15) is 17.6 Å². The van der Waals surface area contributed by atoms with Crippen LogP contribution in [0.25, 0.3) is 55.8 Å². The van der Waals surface area contributed by atoms with Crippen molar-refractivity contribution < 1.29 is 17.6 Å². The fourth-order valence-corrected chi connectivity index (χ4v) is 6.03. The molecular weight excluding hydrogens is 583 g/mol. The number of rotatable bonds is 7. The number of anilines is 1. The Bertz CT molecular complexity index is 2190. The minimum absolute atomic E-state index is 0.00947. The number of sulfone groups is 1. The smallest absolute Gasteiger partial charge is 0.227 e. The molecule has 5 N–H and O–H groups in total. The number of hydrogen-bond donors (Lipinski definition) is 4. The molecule has 1 saturated carbocycles. The topological polar surface area (TPSA) is 172 Å².